The average Bonchev–Trinajstić information content (AvgIpc) is 2.59. The minimum atomic E-state index is 0.209. The number of carbonyl (C=O) groups is 1. The summed E-state index contributed by atoms with van der Waals surface area (Å²) >= 11 is 1.72. The van der Waals surface area contributed by atoms with E-state index in [1.807, 2.05) is 0 Å². The normalized spacial score (nSPS) is 32.6. The third-order valence-electron chi connectivity index (χ3n) is 8.03. The Morgan fingerprint density at radius 2 is 1.52 bits per heavy atom. The monoisotopic (exact) mass is 385 g/mol. The molecule has 0 spiro atoms. The minimum absolute atomic E-state index is 0.209. The summed E-state index contributed by atoms with van der Waals surface area (Å²) in [6, 6.07) is 2.57. The van der Waals surface area contributed by atoms with Gasteiger partial charge in [0.05, 0.1) is 5.75 Å². The van der Waals surface area contributed by atoms with Crippen LogP contribution in [0.5, 0.6) is 0 Å². The van der Waals surface area contributed by atoms with Crippen LogP contribution in [0.3, 0.4) is 0 Å². The highest BCUT2D eigenvalue weighted by atomic mass is 32.2. The Bertz CT molecular complexity index is 692. The zero-order valence-electron chi connectivity index (χ0n) is 17.7. The van der Waals surface area contributed by atoms with E-state index in [2.05, 4.69) is 46.0 Å². The van der Waals surface area contributed by atoms with Gasteiger partial charge in [0.15, 0.2) is 0 Å². The van der Waals surface area contributed by atoms with Gasteiger partial charge in [0, 0.05) is 10.9 Å². The zero-order chi connectivity index (χ0) is 19.3. The third-order valence-corrected chi connectivity index (χ3v) is 9.33. The summed E-state index contributed by atoms with van der Waals surface area (Å²) in [7, 11) is 0. The van der Waals surface area contributed by atoms with E-state index in [0.29, 0.717) is 17.2 Å². The lowest BCUT2D eigenvalue weighted by molar-refractivity contribution is -0.123. The van der Waals surface area contributed by atoms with Crippen LogP contribution in [-0.2, 0) is 4.79 Å². The van der Waals surface area contributed by atoms with Crippen LogP contribution in [0.4, 0.5) is 0 Å². The number of hydrogen-bond donors (Lipinski definition) is 1. The molecule has 1 aromatic carbocycles. The molecule has 2 nitrogen and oxygen atoms in total. The fourth-order valence-corrected chi connectivity index (χ4v) is 7.79. The van der Waals surface area contributed by atoms with Crippen LogP contribution in [0, 0.1) is 50.9 Å². The van der Waals surface area contributed by atoms with Gasteiger partial charge in [0.2, 0.25) is 5.91 Å². The smallest absolute Gasteiger partial charge is 0.230 e. The Morgan fingerprint density at radius 1 is 1.04 bits per heavy atom. The molecular formula is C24H35NOS. The number of nitrogens with one attached hydrogen (secondary N) is 1. The van der Waals surface area contributed by atoms with Crippen molar-refractivity contribution in [1.29, 1.82) is 0 Å². The van der Waals surface area contributed by atoms with Crippen LogP contribution >= 0.6 is 11.8 Å². The molecule has 4 bridgehead atoms. The Hall–Kier alpha value is -0.960. The summed E-state index contributed by atoms with van der Waals surface area (Å²) < 4.78 is 0. The second-order valence-electron chi connectivity index (χ2n) is 9.95. The summed E-state index contributed by atoms with van der Waals surface area (Å²) in [5.74, 6) is 3.55. The van der Waals surface area contributed by atoms with E-state index in [1.165, 1.54) is 65.7 Å². The Kier molecular flexibility index (Phi) is 5.12. The summed E-state index contributed by atoms with van der Waals surface area (Å²) in [6.07, 6.45) is 8.43. The van der Waals surface area contributed by atoms with E-state index in [9.17, 15) is 4.79 Å². The number of carbonyl (C=O) groups excluding carboxylic acids is 1. The van der Waals surface area contributed by atoms with Crippen molar-refractivity contribution in [2.24, 2.45) is 23.2 Å². The molecule has 4 aliphatic carbocycles. The predicted octanol–water partition coefficient (Wildman–Crippen LogP) is 5.73. The van der Waals surface area contributed by atoms with Gasteiger partial charge < -0.3 is 5.32 Å². The Morgan fingerprint density at radius 3 is 2.00 bits per heavy atom. The van der Waals surface area contributed by atoms with Gasteiger partial charge in [-0.2, -0.15) is 0 Å². The average molecular weight is 386 g/mol. The lowest BCUT2D eigenvalue weighted by atomic mass is 9.48. The highest BCUT2D eigenvalue weighted by Gasteiger charge is 2.53. The second-order valence-corrected chi connectivity index (χ2v) is 10.9. The SMILES string of the molecule is Cc1cc(C)c(C)c(SCC(=O)N[C@H](C)C23CC4CC(CC(C4)C2)C3)c1C. The van der Waals surface area contributed by atoms with Crippen molar-refractivity contribution in [3.63, 3.8) is 0 Å². The maximum Gasteiger partial charge on any atom is 0.230 e. The van der Waals surface area contributed by atoms with Crippen LogP contribution in [-0.4, -0.2) is 17.7 Å². The molecule has 1 atom stereocenters. The first-order valence-corrected chi connectivity index (χ1v) is 11.8. The van der Waals surface area contributed by atoms with E-state index in [0.717, 1.165) is 17.8 Å². The topological polar surface area (TPSA) is 29.1 Å². The van der Waals surface area contributed by atoms with Crippen LogP contribution in [0.2, 0.25) is 0 Å². The first kappa shape index (κ1) is 19.4. The van der Waals surface area contributed by atoms with Crippen molar-refractivity contribution in [2.75, 3.05) is 5.75 Å². The molecule has 0 unspecified atom stereocenters. The molecule has 1 N–H and O–H groups in total. The maximum absolute atomic E-state index is 12.8. The molecule has 1 amide bonds. The lowest BCUT2D eigenvalue weighted by Crippen LogP contribution is -2.56. The molecule has 0 heterocycles. The first-order valence-electron chi connectivity index (χ1n) is 10.8. The van der Waals surface area contributed by atoms with Gasteiger partial charge in [-0.3, -0.25) is 4.79 Å². The predicted molar refractivity (Wildman–Crippen MR) is 114 cm³/mol. The third kappa shape index (κ3) is 3.57. The molecule has 4 fully saturated rings. The second kappa shape index (κ2) is 7.13. The van der Waals surface area contributed by atoms with E-state index >= 15 is 0 Å². The zero-order valence-corrected chi connectivity index (χ0v) is 18.5. The summed E-state index contributed by atoms with van der Waals surface area (Å²) in [5.41, 5.74) is 5.68. The van der Waals surface area contributed by atoms with Gasteiger partial charge in [-0.05, 0) is 119 Å². The van der Waals surface area contributed by atoms with Gasteiger partial charge in [-0.15, -0.1) is 11.8 Å². The molecule has 4 aliphatic rings. The van der Waals surface area contributed by atoms with Gasteiger partial charge in [0.25, 0.3) is 0 Å². The van der Waals surface area contributed by atoms with Crippen molar-refractivity contribution in [1.82, 2.24) is 5.32 Å². The van der Waals surface area contributed by atoms with Gasteiger partial charge in [-0.1, -0.05) is 6.07 Å². The number of amides is 1. The number of thioether (sulfide) groups is 1. The molecule has 5 rings (SSSR count). The van der Waals surface area contributed by atoms with Crippen molar-refractivity contribution in [3.8, 4) is 0 Å². The quantitative estimate of drug-likeness (QED) is 0.655. The molecule has 0 aliphatic heterocycles. The number of hydrogen-bond acceptors (Lipinski definition) is 2. The molecule has 0 radical (unpaired) electrons. The van der Waals surface area contributed by atoms with Crippen LogP contribution in [0.25, 0.3) is 0 Å². The molecular weight excluding hydrogens is 350 g/mol. The van der Waals surface area contributed by atoms with E-state index in [4.69, 9.17) is 0 Å². The van der Waals surface area contributed by atoms with Crippen molar-refractivity contribution in [3.05, 3.63) is 28.3 Å². The maximum atomic E-state index is 12.8. The highest BCUT2D eigenvalue weighted by molar-refractivity contribution is 8.00. The highest BCUT2D eigenvalue weighted by Crippen LogP contribution is 2.61. The van der Waals surface area contributed by atoms with Crippen LogP contribution in [0.15, 0.2) is 11.0 Å². The number of aryl methyl sites for hydroxylation is 2. The minimum Gasteiger partial charge on any atom is -0.352 e. The summed E-state index contributed by atoms with van der Waals surface area (Å²) in [6.45, 7) is 11.0. The van der Waals surface area contributed by atoms with E-state index in [1.54, 1.807) is 11.8 Å². The van der Waals surface area contributed by atoms with Crippen LogP contribution in [0.1, 0.15) is 67.7 Å². The van der Waals surface area contributed by atoms with Crippen molar-refractivity contribution < 1.29 is 4.79 Å². The molecule has 27 heavy (non-hydrogen) atoms. The molecule has 0 aromatic heterocycles. The Balaban J connectivity index is 1.39. The lowest BCUT2D eigenvalue weighted by Gasteiger charge is -2.59. The standard InChI is InChI=1S/C24H35NOS/c1-14-6-15(2)17(4)23(16(14)3)27-13-22(26)25-18(5)24-10-19-7-20(11-24)9-21(8-19)12-24/h6,18-21H,7-13H2,1-5H3,(H,25,26)/t18-,19?,20?,21?,24?/m1/s1. The van der Waals surface area contributed by atoms with E-state index in [-0.39, 0.29) is 5.91 Å². The molecule has 4 saturated carbocycles. The molecule has 0 saturated heterocycles. The van der Waals surface area contributed by atoms with Gasteiger partial charge in [0.1, 0.15) is 0 Å². The fourth-order valence-electron chi connectivity index (χ4n) is 6.68. The number of rotatable bonds is 5. The van der Waals surface area contributed by atoms with Crippen molar-refractivity contribution in [2.45, 2.75) is 84.1 Å². The number of benzene rings is 1. The summed E-state index contributed by atoms with van der Waals surface area (Å²) in [5, 5.41) is 3.42. The van der Waals surface area contributed by atoms with Gasteiger partial charge in [-0.25, -0.2) is 0 Å². The fraction of sp³-hybridized carbons (Fsp3) is 0.708. The molecule has 3 heteroatoms. The van der Waals surface area contributed by atoms with E-state index < -0.39 is 0 Å². The van der Waals surface area contributed by atoms with Gasteiger partial charge >= 0.3 is 0 Å². The van der Waals surface area contributed by atoms with Crippen molar-refractivity contribution >= 4 is 17.7 Å². The largest absolute Gasteiger partial charge is 0.352 e. The van der Waals surface area contributed by atoms with Crippen LogP contribution < -0.4 is 5.32 Å². The molecule has 1 aromatic rings. The Labute approximate surface area is 169 Å². The molecule has 148 valence electrons. The summed E-state index contributed by atoms with van der Waals surface area (Å²) in [4.78, 5) is 14.1. The first-order chi connectivity index (χ1) is 12.8.